The Morgan fingerprint density at radius 2 is 1.82 bits per heavy atom. The van der Waals surface area contributed by atoms with Gasteiger partial charge in [-0.1, -0.05) is 23.7 Å². The molecule has 0 amide bonds. The zero-order valence-electron chi connectivity index (χ0n) is 5.85. The molecule has 0 radical (unpaired) electrons. The summed E-state index contributed by atoms with van der Waals surface area (Å²) in [5.74, 6) is 5.12. The van der Waals surface area contributed by atoms with Crippen LogP contribution >= 0.6 is 11.6 Å². The summed E-state index contributed by atoms with van der Waals surface area (Å²) in [7, 11) is 0. The SMILES string of the molecule is NNCc1ccc(Cl)cc1.[Cl-]. The summed E-state index contributed by atoms with van der Waals surface area (Å²) < 4.78 is 0. The van der Waals surface area contributed by atoms with Gasteiger partial charge >= 0.3 is 0 Å². The fourth-order valence-electron chi connectivity index (χ4n) is 0.720. The van der Waals surface area contributed by atoms with Gasteiger partial charge in [0.15, 0.2) is 0 Å². The first-order valence-corrected chi connectivity index (χ1v) is 3.38. The van der Waals surface area contributed by atoms with E-state index < -0.39 is 0 Å². The van der Waals surface area contributed by atoms with Crippen molar-refractivity contribution in [3.63, 3.8) is 0 Å². The van der Waals surface area contributed by atoms with Gasteiger partial charge in [0, 0.05) is 11.6 Å². The van der Waals surface area contributed by atoms with Crippen LogP contribution in [0, 0.1) is 0 Å². The monoisotopic (exact) mass is 191 g/mol. The van der Waals surface area contributed by atoms with E-state index in [2.05, 4.69) is 5.43 Å². The second-order valence-corrected chi connectivity index (χ2v) is 2.44. The van der Waals surface area contributed by atoms with Crippen LogP contribution in [0.5, 0.6) is 0 Å². The van der Waals surface area contributed by atoms with Gasteiger partial charge in [-0.15, -0.1) is 0 Å². The van der Waals surface area contributed by atoms with E-state index in [0.717, 1.165) is 10.6 Å². The molecule has 3 N–H and O–H groups in total. The Balaban J connectivity index is 0.000001000. The van der Waals surface area contributed by atoms with Crippen LogP contribution in [-0.2, 0) is 6.54 Å². The average Bonchev–Trinajstić information content (AvgIpc) is 1.95. The predicted octanol–water partition coefficient (Wildman–Crippen LogP) is -1.69. The lowest BCUT2D eigenvalue weighted by molar-refractivity contribution is -0.00000208. The molecule has 0 spiro atoms. The van der Waals surface area contributed by atoms with Gasteiger partial charge in [-0.05, 0) is 17.7 Å². The van der Waals surface area contributed by atoms with Crippen LogP contribution in [-0.4, -0.2) is 0 Å². The van der Waals surface area contributed by atoms with E-state index >= 15 is 0 Å². The Morgan fingerprint density at radius 3 is 2.27 bits per heavy atom. The number of hydrazine groups is 1. The largest absolute Gasteiger partial charge is 1.00 e. The molecular weight excluding hydrogens is 183 g/mol. The van der Waals surface area contributed by atoms with Gasteiger partial charge < -0.3 is 12.4 Å². The summed E-state index contributed by atoms with van der Waals surface area (Å²) in [4.78, 5) is 0. The molecule has 0 heterocycles. The number of nitrogens with one attached hydrogen (secondary N) is 1. The maximum atomic E-state index is 5.66. The van der Waals surface area contributed by atoms with Crippen LogP contribution in [0.2, 0.25) is 5.02 Å². The summed E-state index contributed by atoms with van der Waals surface area (Å²) in [5.41, 5.74) is 3.69. The molecule has 0 aliphatic carbocycles. The van der Waals surface area contributed by atoms with E-state index in [1.165, 1.54) is 0 Å². The van der Waals surface area contributed by atoms with Gasteiger partial charge in [-0.2, -0.15) is 0 Å². The Bertz CT molecular complexity index is 198. The highest BCUT2D eigenvalue weighted by Crippen LogP contribution is 2.08. The van der Waals surface area contributed by atoms with E-state index in [9.17, 15) is 0 Å². The number of benzene rings is 1. The minimum atomic E-state index is 0. The van der Waals surface area contributed by atoms with Crippen molar-refractivity contribution in [1.82, 2.24) is 5.43 Å². The molecule has 62 valence electrons. The molecule has 0 fully saturated rings. The summed E-state index contributed by atoms with van der Waals surface area (Å²) in [6.07, 6.45) is 0. The molecule has 0 unspecified atom stereocenters. The van der Waals surface area contributed by atoms with E-state index in [-0.39, 0.29) is 12.4 Å². The molecule has 4 heteroatoms. The molecule has 0 bridgehead atoms. The molecule has 1 rings (SSSR count). The standard InChI is InChI=1S/C7H9ClN2.ClH/c8-7-3-1-6(2-4-7)5-10-9;/h1-4,10H,5,9H2;1H/p-1. The zero-order chi connectivity index (χ0) is 7.40. The maximum Gasteiger partial charge on any atom is 0.0406 e. The number of hydrogen-bond acceptors (Lipinski definition) is 2. The molecule has 1 aromatic rings. The molecule has 0 saturated heterocycles. The van der Waals surface area contributed by atoms with Gasteiger partial charge in [0.2, 0.25) is 0 Å². The fourth-order valence-corrected chi connectivity index (χ4v) is 0.846. The molecule has 2 nitrogen and oxygen atoms in total. The highest BCUT2D eigenvalue weighted by Gasteiger charge is 1.88. The molecule has 11 heavy (non-hydrogen) atoms. The number of rotatable bonds is 2. The highest BCUT2D eigenvalue weighted by atomic mass is 35.5. The third kappa shape index (κ3) is 3.58. The first-order valence-electron chi connectivity index (χ1n) is 3.01. The lowest BCUT2D eigenvalue weighted by Crippen LogP contribution is -3.00. The number of halogens is 2. The van der Waals surface area contributed by atoms with Crippen molar-refractivity contribution in [2.75, 3.05) is 0 Å². The fraction of sp³-hybridized carbons (Fsp3) is 0.143. The Labute approximate surface area is 77.1 Å². The van der Waals surface area contributed by atoms with Gasteiger partial charge in [-0.25, -0.2) is 0 Å². The second-order valence-electron chi connectivity index (χ2n) is 2.01. The zero-order valence-corrected chi connectivity index (χ0v) is 7.36. The van der Waals surface area contributed by atoms with Crippen molar-refractivity contribution in [2.24, 2.45) is 5.84 Å². The minimum Gasteiger partial charge on any atom is -1.00 e. The third-order valence-corrected chi connectivity index (χ3v) is 1.47. The van der Waals surface area contributed by atoms with E-state index in [0.29, 0.717) is 6.54 Å². The maximum absolute atomic E-state index is 5.66. The lowest BCUT2D eigenvalue weighted by Gasteiger charge is -1.97. The van der Waals surface area contributed by atoms with Crippen molar-refractivity contribution in [2.45, 2.75) is 6.54 Å². The van der Waals surface area contributed by atoms with Crippen LogP contribution in [0.15, 0.2) is 24.3 Å². The smallest absolute Gasteiger partial charge is 0.0406 e. The van der Waals surface area contributed by atoms with Crippen LogP contribution in [0.25, 0.3) is 0 Å². The number of hydrogen-bond donors (Lipinski definition) is 2. The highest BCUT2D eigenvalue weighted by molar-refractivity contribution is 6.30. The first-order chi connectivity index (χ1) is 4.83. The van der Waals surface area contributed by atoms with Gasteiger partial charge in [0.05, 0.1) is 0 Å². The summed E-state index contributed by atoms with van der Waals surface area (Å²) in [6.45, 7) is 0.678. The van der Waals surface area contributed by atoms with Gasteiger partial charge in [-0.3, -0.25) is 11.3 Å². The Hall–Kier alpha value is -0.280. The minimum absolute atomic E-state index is 0. The predicted molar refractivity (Wildman–Crippen MR) is 42.5 cm³/mol. The van der Waals surface area contributed by atoms with E-state index in [1.54, 1.807) is 0 Å². The second kappa shape index (κ2) is 5.38. The number of nitrogens with two attached hydrogens (primary N) is 1. The Kier molecular flexibility index (Phi) is 5.24. The van der Waals surface area contributed by atoms with Crippen LogP contribution in [0.4, 0.5) is 0 Å². The summed E-state index contributed by atoms with van der Waals surface area (Å²) >= 11 is 5.66. The van der Waals surface area contributed by atoms with Crippen molar-refractivity contribution in [3.8, 4) is 0 Å². The molecule has 0 aliphatic rings. The third-order valence-electron chi connectivity index (χ3n) is 1.22. The van der Waals surface area contributed by atoms with Crippen molar-refractivity contribution >= 4 is 11.6 Å². The van der Waals surface area contributed by atoms with Crippen LogP contribution in [0.3, 0.4) is 0 Å². The van der Waals surface area contributed by atoms with Gasteiger partial charge in [0.1, 0.15) is 0 Å². The quantitative estimate of drug-likeness (QED) is 0.433. The van der Waals surface area contributed by atoms with E-state index in [4.69, 9.17) is 17.4 Å². The van der Waals surface area contributed by atoms with Crippen molar-refractivity contribution in [1.29, 1.82) is 0 Å². The van der Waals surface area contributed by atoms with Crippen molar-refractivity contribution < 1.29 is 12.4 Å². The summed E-state index contributed by atoms with van der Waals surface area (Å²) in [5, 5.41) is 0.751. The molecule has 1 aromatic carbocycles. The molecule has 0 atom stereocenters. The van der Waals surface area contributed by atoms with Gasteiger partial charge in [0.25, 0.3) is 0 Å². The topological polar surface area (TPSA) is 38.0 Å². The average molecular weight is 192 g/mol. The summed E-state index contributed by atoms with van der Waals surface area (Å²) in [6, 6.07) is 7.55. The van der Waals surface area contributed by atoms with E-state index in [1.807, 2.05) is 24.3 Å². The molecule has 0 aromatic heterocycles. The van der Waals surface area contributed by atoms with Crippen molar-refractivity contribution in [3.05, 3.63) is 34.9 Å². The molecule has 0 saturated carbocycles. The van der Waals surface area contributed by atoms with Crippen LogP contribution < -0.4 is 23.7 Å². The van der Waals surface area contributed by atoms with Crippen LogP contribution in [0.1, 0.15) is 5.56 Å². The Morgan fingerprint density at radius 1 is 1.27 bits per heavy atom. The molecular formula is C7H9Cl2N2-. The normalized spacial score (nSPS) is 8.91. The lowest BCUT2D eigenvalue weighted by atomic mass is 10.2. The first kappa shape index (κ1) is 10.7. The molecule has 0 aliphatic heterocycles.